The average Bonchev–Trinajstić information content (AvgIpc) is 3.21. The number of nitrogens with zero attached hydrogens (tertiary/aromatic N) is 1. The number of carbonyl (C=O) groups excluding carboxylic acids is 3. The van der Waals surface area contributed by atoms with Crippen LogP contribution in [0.5, 0.6) is 0 Å². The fraction of sp³-hybridized carbons (Fsp3) is 0.400. The van der Waals surface area contributed by atoms with Crippen molar-refractivity contribution < 1.29 is 14.4 Å². The number of rotatable bonds is 6. The van der Waals surface area contributed by atoms with Gasteiger partial charge in [0.25, 0.3) is 5.91 Å². The topological polar surface area (TPSA) is 78.5 Å². The Hall–Kier alpha value is -3.15. The molecule has 1 atom stereocenters. The Morgan fingerprint density at radius 3 is 2.42 bits per heavy atom. The standard InChI is InChI=1S/C25H29N3O3/c29-23-15-19(17-28(23)20-11-5-2-6-12-20)24(30)27-22-14-8-7-13-21(22)25(31)26-16-18-9-3-1-4-10-18/h1,3-4,7-10,13-14,19-20H,2,5-6,11-12,15-17H2,(H,26,31)(H,27,30). The number of amides is 3. The zero-order valence-electron chi connectivity index (χ0n) is 17.7. The van der Waals surface area contributed by atoms with Gasteiger partial charge in [-0.1, -0.05) is 61.7 Å². The maximum absolute atomic E-state index is 12.9. The molecule has 1 aliphatic carbocycles. The lowest BCUT2D eigenvalue weighted by Gasteiger charge is -2.31. The van der Waals surface area contributed by atoms with E-state index < -0.39 is 0 Å². The van der Waals surface area contributed by atoms with E-state index in [0.29, 0.717) is 24.3 Å². The van der Waals surface area contributed by atoms with Gasteiger partial charge in [-0.15, -0.1) is 0 Å². The zero-order chi connectivity index (χ0) is 21.6. The minimum absolute atomic E-state index is 0.0703. The second-order valence-electron chi connectivity index (χ2n) is 8.44. The van der Waals surface area contributed by atoms with Crippen LogP contribution >= 0.6 is 0 Å². The van der Waals surface area contributed by atoms with Crippen molar-refractivity contribution in [1.29, 1.82) is 0 Å². The second-order valence-corrected chi connectivity index (χ2v) is 8.44. The lowest BCUT2D eigenvalue weighted by atomic mass is 9.94. The molecule has 0 radical (unpaired) electrons. The molecule has 1 unspecified atom stereocenters. The van der Waals surface area contributed by atoms with E-state index in [1.807, 2.05) is 35.2 Å². The first-order valence-electron chi connectivity index (χ1n) is 11.1. The Morgan fingerprint density at radius 2 is 1.65 bits per heavy atom. The molecular weight excluding hydrogens is 390 g/mol. The van der Waals surface area contributed by atoms with E-state index in [1.54, 1.807) is 24.3 Å². The average molecular weight is 420 g/mol. The van der Waals surface area contributed by atoms with Crippen LogP contribution in [0.4, 0.5) is 5.69 Å². The molecule has 1 aliphatic heterocycles. The van der Waals surface area contributed by atoms with Crippen molar-refractivity contribution in [2.45, 2.75) is 51.1 Å². The van der Waals surface area contributed by atoms with Gasteiger partial charge in [-0.25, -0.2) is 0 Å². The fourth-order valence-corrected chi connectivity index (χ4v) is 4.55. The minimum Gasteiger partial charge on any atom is -0.348 e. The van der Waals surface area contributed by atoms with Crippen LogP contribution in [0.1, 0.15) is 54.4 Å². The highest BCUT2D eigenvalue weighted by atomic mass is 16.2. The van der Waals surface area contributed by atoms with E-state index in [4.69, 9.17) is 0 Å². The molecule has 0 spiro atoms. The number of hydrogen-bond acceptors (Lipinski definition) is 3. The smallest absolute Gasteiger partial charge is 0.253 e. The number of nitrogens with one attached hydrogen (secondary N) is 2. The van der Waals surface area contributed by atoms with Gasteiger partial charge < -0.3 is 15.5 Å². The lowest BCUT2D eigenvalue weighted by molar-refractivity contribution is -0.130. The molecule has 6 nitrogen and oxygen atoms in total. The van der Waals surface area contributed by atoms with Crippen molar-refractivity contribution in [1.82, 2.24) is 10.2 Å². The second kappa shape index (κ2) is 9.77. The van der Waals surface area contributed by atoms with Gasteiger partial charge in [0.2, 0.25) is 11.8 Å². The molecule has 2 N–H and O–H groups in total. The molecule has 6 heteroatoms. The number of para-hydroxylation sites is 1. The molecule has 1 saturated carbocycles. The first-order valence-corrected chi connectivity index (χ1v) is 11.1. The molecule has 2 aromatic carbocycles. The van der Waals surface area contributed by atoms with E-state index in [9.17, 15) is 14.4 Å². The Bertz CT molecular complexity index is 938. The molecule has 2 fully saturated rings. The van der Waals surface area contributed by atoms with Crippen molar-refractivity contribution in [3.05, 3.63) is 65.7 Å². The molecule has 162 valence electrons. The maximum atomic E-state index is 12.9. The highest BCUT2D eigenvalue weighted by Gasteiger charge is 2.38. The Morgan fingerprint density at radius 1 is 0.935 bits per heavy atom. The predicted octanol–water partition coefficient (Wildman–Crippen LogP) is 3.74. The van der Waals surface area contributed by atoms with Crippen molar-refractivity contribution in [2.75, 3.05) is 11.9 Å². The van der Waals surface area contributed by atoms with E-state index in [2.05, 4.69) is 10.6 Å². The van der Waals surface area contributed by atoms with E-state index >= 15 is 0 Å². The highest BCUT2D eigenvalue weighted by molar-refractivity contribution is 6.05. The van der Waals surface area contributed by atoms with Gasteiger partial charge in [-0.3, -0.25) is 14.4 Å². The molecule has 2 aliphatic rings. The summed E-state index contributed by atoms with van der Waals surface area (Å²) >= 11 is 0. The third-order valence-electron chi connectivity index (χ3n) is 6.27. The van der Waals surface area contributed by atoms with Gasteiger partial charge >= 0.3 is 0 Å². The summed E-state index contributed by atoms with van der Waals surface area (Å²) in [6, 6.07) is 16.9. The Labute approximate surface area is 183 Å². The van der Waals surface area contributed by atoms with Crippen molar-refractivity contribution in [3.63, 3.8) is 0 Å². The van der Waals surface area contributed by atoms with Crippen molar-refractivity contribution in [3.8, 4) is 0 Å². The third-order valence-corrected chi connectivity index (χ3v) is 6.27. The molecule has 0 bridgehead atoms. The quantitative estimate of drug-likeness (QED) is 0.749. The van der Waals surface area contributed by atoms with Crippen LogP contribution in [0.3, 0.4) is 0 Å². The molecule has 0 aromatic heterocycles. The lowest BCUT2D eigenvalue weighted by Crippen LogP contribution is -2.38. The predicted molar refractivity (Wildman–Crippen MR) is 119 cm³/mol. The first-order chi connectivity index (χ1) is 15.1. The van der Waals surface area contributed by atoms with Gasteiger partial charge in [-0.05, 0) is 30.5 Å². The van der Waals surface area contributed by atoms with Crippen LogP contribution < -0.4 is 10.6 Å². The molecule has 1 heterocycles. The van der Waals surface area contributed by atoms with Crippen LogP contribution in [0.2, 0.25) is 0 Å². The summed E-state index contributed by atoms with van der Waals surface area (Å²) in [5.74, 6) is -0.753. The fourth-order valence-electron chi connectivity index (χ4n) is 4.55. The van der Waals surface area contributed by atoms with Crippen LogP contribution in [-0.4, -0.2) is 35.2 Å². The first kappa shape index (κ1) is 21.1. The Kier molecular flexibility index (Phi) is 6.65. The summed E-state index contributed by atoms with van der Waals surface area (Å²) in [6.45, 7) is 0.882. The third kappa shape index (κ3) is 5.13. The number of anilines is 1. The van der Waals surface area contributed by atoms with Crippen LogP contribution in [0.25, 0.3) is 0 Å². The van der Waals surface area contributed by atoms with Gasteiger partial charge in [0.05, 0.1) is 17.2 Å². The summed E-state index contributed by atoms with van der Waals surface area (Å²) in [5, 5.41) is 5.80. The van der Waals surface area contributed by atoms with E-state index in [-0.39, 0.29) is 36.1 Å². The van der Waals surface area contributed by atoms with Crippen molar-refractivity contribution >= 4 is 23.4 Å². The number of hydrogen-bond donors (Lipinski definition) is 2. The largest absolute Gasteiger partial charge is 0.348 e. The summed E-state index contributed by atoms with van der Waals surface area (Å²) in [5.41, 5.74) is 1.89. The normalized spacial score (nSPS) is 19.3. The van der Waals surface area contributed by atoms with Gasteiger partial charge in [0.1, 0.15) is 0 Å². The number of likely N-dealkylation sites (tertiary alicyclic amines) is 1. The summed E-state index contributed by atoms with van der Waals surface area (Å²) in [4.78, 5) is 40.1. The minimum atomic E-state index is -0.380. The van der Waals surface area contributed by atoms with Crippen LogP contribution in [-0.2, 0) is 16.1 Å². The van der Waals surface area contributed by atoms with Gasteiger partial charge in [-0.2, -0.15) is 0 Å². The van der Waals surface area contributed by atoms with Crippen molar-refractivity contribution in [2.24, 2.45) is 5.92 Å². The Balaban J connectivity index is 1.38. The molecule has 2 aromatic rings. The summed E-state index contributed by atoms with van der Waals surface area (Å²) in [6.07, 6.45) is 5.83. The molecular formula is C25H29N3O3. The SMILES string of the molecule is O=C(NCc1ccccc1)c1ccccc1NC(=O)C1CC(=O)N(C2CCCCC2)C1. The molecule has 4 rings (SSSR count). The highest BCUT2D eigenvalue weighted by Crippen LogP contribution is 2.29. The summed E-state index contributed by atoms with van der Waals surface area (Å²) < 4.78 is 0. The van der Waals surface area contributed by atoms with E-state index in [1.165, 1.54) is 6.42 Å². The number of benzene rings is 2. The monoisotopic (exact) mass is 419 g/mol. The molecule has 1 saturated heterocycles. The molecule has 3 amide bonds. The van der Waals surface area contributed by atoms with Crippen LogP contribution in [0, 0.1) is 5.92 Å². The molecule has 31 heavy (non-hydrogen) atoms. The van der Waals surface area contributed by atoms with Crippen LogP contribution in [0.15, 0.2) is 54.6 Å². The zero-order valence-corrected chi connectivity index (χ0v) is 17.7. The van der Waals surface area contributed by atoms with Gasteiger partial charge in [0.15, 0.2) is 0 Å². The van der Waals surface area contributed by atoms with E-state index in [0.717, 1.165) is 31.2 Å². The summed E-state index contributed by atoms with van der Waals surface area (Å²) in [7, 11) is 0. The van der Waals surface area contributed by atoms with Gasteiger partial charge in [0, 0.05) is 25.6 Å². The maximum Gasteiger partial charge on any atom is 0.253 e. The number of carbonyl (C=O) groups is 3.